The number of halogens is 2. The number of sulfonamides is 1. The highest BCUT2D eigenvalue weighted by Crippen LogP contribution is 2.35. The number of hydrogen-bond donors (Lipinski definition) is 1. The summed E-state index contributed by atoms with van der Waals surface area (Å²) in [6.45, 7) is -2.95. The van der Waals surface area contributed by atoms with Crippen LogP contribution in [-0.4, -0.2) is 32.3 Å². The van der Waals surface area contributed by atoms with Gasteiger partial charge in [0, 0.05) is 12.7 Å². The normalized spacial score (nSPS) is 16.3. The first-order chi connectivity index (χ1) is 12.3. The monoisotopic (exact) mass is 380 g/mol. The SMILES string of the molecule is CN1C(=O)C(Nc2ccc(OC(F)F)cc2)=C(c2ccccc2)S1(=O)=O. The van der Waals surface area contributed by atoms with Crippen molar-refractivity contribution >= 4 is 26.5 Å². The molecule has 0 fully saturated rings. The Morgan fingerprint density at radius 1 is 1.04 bits per heavy atom. The molecule has 3 rings (SSSR count). The molecule has 0 aromatic heterocycles. The number of benzene rings is 2. The van der Waals surface area contributed by atoms with Gasteiger partial charge in [-0.3, -0.25) is 4.79 Å². The fraction of sp³-hybridized carbons (Fsp3) is 0.118. The molecule has 1 heterocycles. The molecule has 1 aliphatic rings. The Morgan fingerprint density at radius 3 is 2.23 bits per heavy atom. The van der Waals surface area contributed by atoms with E-state index in [0.717, 1.165) is 0 Å². The van der Waals surface area contributed by atoms with Crippen molar-refractivity contribution in [2.24, 2.45) is 0 Å². The minimum absolute atomic E-state index is 0.0506. The molecular weight excluding hydrogens is 366 g/mol. The zero-order valence-corrected chi connectivity index (χ0v) is 14.3. The van der Waals surface area contributed by atoms with E-state index < -0.39 is 22.5 Å². The summed E-state index contributed by atoms with van der Waals surface area (Å²) in [5, 5.41) is 2.77. The van der Waals surface area contributed by atoms with Crippen LogP contribution in [0.15, 0.2) is 60.3 Å². The molecule has 0 saturated heterocycles. The average Bonchev–Trinajstić information content (AvgIpc) is 2.77. The van der Waals surface area contributed by atoms with Gasteiger partial charge in [-0.05, 0) is 29.8 Å². The summed E-state index contributed by atoms with van der Waals surface area (Å²) in [5.41, 5.74) is 0.612. The largest absolute Gasteiger partial charge is 0.435 e. The Hall–Kier alpha value is -2.94. The molecule has 0 spiro atoms. The molecule has 0 atom stereocenters. The molecule has 0 saturated carbocycles. The van der Waals surface area contributed by atoms with Gasteiger partial charge in [0.2, 0.25) is 0 Å². The van der Waals surface area contributed by atoms with Gasteiger partial charge in [0.15, 0.2) is 0 Å². The van der Waals surface area contributed by atoms with Crippen molar-refractivity contribution in [2.45, 2.75) is 6.61 Å². The van der Waals surface area contributed by atoms with E-state index in [2.05, 4.69) is 10.1 Å². The van der Waals surface area contributed by atoms with Crippen molar-refractivity contribution in [3.05, 3.63) is 65.9 Å². The lowest BCUT2D eigenvalue weighted by molar-refractivity contribution is -0.121. The van der Waals surface area contributed by atoms with Crippen LogP contribution in [-0.2, 0) is 14.8 Å². The number of rotatable bonds is 5. The van der Waals surface area contributed by atoms with E-state index in [9.17, 15) is 22.0 Å². The van der Waals surface area contributed by atoms with Crippen molar-refractivity contribution in [1.29, 1.82) is 0 Å². The highest BCUT2D eigenvalue weighted by molar-refractivity contribution is 7.99. The lowest BCUT2D eigenvalue weighted by Crippen LogP contribution is -2.27. The number of alkyl halides is 2. The number of hydrogen-bond acceptors (Lipinski definition) is 5. The van der Waals surface area contributed by atoms with E-state index in [1.807, 2.05) is 0 Å². The van der Waals surface area contributed by atoms with Gasteiger partial charge in [0.1, 0.15) is 16.4 Å². The van der Waals surface area contributed by atoms with Crippen LogP contribution in [0, 0.1) is 0 Å². The van der Waals surface area contributed by atoms with E-state index in [0.29, 0.717) is 15.6 Å². The number of amides is 1. The molecule has 1 amide bonds. The molecule has 2 aromatic rings. The van der Waals surface area contributed by atoms with Crippen molar-refractivity contribution in [3.8, 4) is 5.75 Å². The summed E-state index contributed by atoms with van der Waals surface area (Å²) in [6.07, 6.45) is 0. The summed E-state index contributed by atoms with van der Waals surface area (Å²) in [7, 11) is -2.81. The topological polar surface area (TPSA) is 75.7 Å². The van der Waals surface area contributed by atoms with E-state index in [4.69, 9.17) is 0 Å². The van der Waals surface area contributed by atoms with Crippen LogP contribution in [0.2, 0.25) is 0 Å². The first kappa shape index (κ1) is 17.9. The molecule has 0 bridgehead atoms. The standard InChI is InChI=1S/C17H14F2N2O4S/c1-21-16(22)14(15(26(21,23)24)11-5-3-2-4-6-11)20-12-7-9-13(10-8-12)25-17(18)19/h2-10,17,20H,1H3. The first-order valence-corrected chi connectivity index (χ1v) is 8.89. The lowest BCUT2D eigenvalue weighted by atomic mass is 10.1. The van der Waals surface area contributed by atoms with Crippen molar-refractivity contribution in [1.82, 2.24) is 4.31 Å². The Balaban J connectivity index is 2.01. The second kappa shape index (κ2) is 6.75. The maximum Gasteiger partial charge on any atom is 0.387 e. The minimum atomic E-state index is -3.98. The summed E-state index contributed by atoms with van der Waals surface area (Å²) >= 11 is 0. The summed E-state index contributed by atoms with van der Waals surface area (Å²) < 4.78 is 54.5. The maximum atomic E-state index is 12.6. The molecule has 0 aliphatic carbocycles. The van der Waals surface area contributed by atoms with Crippen LogP contribution in [0.25, 0.3) is 4.91 Å². The van der Waals surface area contributed by atoms with E-state index in [1.165, 1.54) is 31.3 Å². The smallest absolute Gasteiger partial charge is 0.387 e. The van der Waals surface area contributed by atoms with Crippen molar-refractivity contribution in [3.63, 3.8) is 0 Å². The number of carbonyl (C=O) groups is 1. The second-order valence-corrected chi connectivity index (χ2v) is 7.28. The third kappa shape index (κ3) is 3.25. The number of ether oxygens (including phenoxy) is 1. The van der Waals surface area contributed by atoms with Crippen LogP contribution >= 0.6 is 0 Å². The molecular formula is C17H14F2N2O4S. The second-order valence-electron chi connectivity index (χ2n) is 5.38. The zero-order chi connectivity index (χ0) is 18.9. The molecule has 1 aliphatic heterocycles. The van der Waals surface area contributed by atoms with E-state index >= 15 is 0 Å². The Morgan fingerprint density at radius 2 is 1.65 bits per heavy atom. The highest BCUT2D eigenvalue weighted by atomic mass is 32.2. The quantitative estimate of drug-likeness (QED) is 0.863. The highest BCUT2D eigenvalue weighted by Gasteiger charge is 2.42. The summed E-state index contributed by atoms with van der Waals surface area (Å²) in [6, 6.07) is 13.6. The van der Waals surface area contributed by atoms with Gasteiger partial charge in [0.05, 0.1) is 0 Å². The fourth-order valence-corrected chi connectivity index (χ4v) is 3.90. The fourth-order valence-electron chi connectivity index (χ4n) is 2.49. The Bertz CT molecular complexity index is 958. The van der Waals surface area contributed by atoms with Gasteiger partial charge in [-0.2, -0.15) is 8.78 Å². The molecule has 26 heavy (non-hydrogen) atoms. The number of nitrogens with zero attached hydrogens (tertiary/aromatic N) is 1. The van der Waals surface area contributed by atoms with Crippen LogP contribution in [0.1, 0.15) is 5.56 Å². The Kier molecular flexibility index (Phi) is 4.64. The van der Waals surface area contributed by atoms with E-state index in [-0.39, 0.29) is 16.4 Å². The van der Waals surface area contributed by atoms with Gasteiger partial charge in [-0.1, -0.05) is 30.3 Å². The van der Waals surface area contributed by atoms with Gasteiger partial charge in [-0.15, -0.1) is 0 Å². The van der Waals surface area contributed by atoms with Crippen LogP contribution in [0.3, 0.4) is 0 Å². The van der Waals surface area contributed by atoms with Gasteiger partial charge >= 0.3 is 6.61 Å². The molecule has 1 N–H and O–H groups in total. The molecule has 0 unspecified atom stereocenters. The minimum Gasteiger partial charge on any atom is -0.435 e. The van der Waals surface area contributed by atoms with Gasteiger partial charge < -0.3 is 10.1 Å². The van der Waals surface area contributed by atoms with E-state index in [1.54, 1.807) is 30.3 Å². The number of carbonyl (C=O) groups excluding carboxylic acids is 1. The Labute approximate surface area is 148 Å². The number of nitrogens with one attached hydrogen (secondary N) is 1. The molecule has 9 heteroatoms. The molecule has 0 radical (unpaired) electrons. The van der Waals surface area contributed by atoms with Crippen molar-refractivity contribution < 1.29 is 26.7 Å². The third-order valence-electron chi connectivity index (χ3n) is 3.73. The average molecular weight is 380 g/mol. The molecule has 136 valence electrons. The molecule has 6 nitrogen and oxygen atoms in total. The predicted octanol–water partition coefficient (Wildman–Crippen LogP) is 2.87. The van der Waals surface area contributed by atoms with Crippen LogP contribution in [0.4, 0.5) is 14.5 Å². The van der Waals surface area contributed by atoms with Gasteiger partial charge in [0.25, 0.3) is 15.9 Å². The van der Waals surface area contributed by atoms with Crippen molar-refractivity contribution in [2.75, 3.05) is 12.4 Å². The zero-order valence-electron chi connectivity index (χ0n) is 13.5. The number of anilines is 1. The summed E-state index contributed by atoms with van der Waals surface area (Å²) in [5.74, 6) is -0.762. The van der Waals surface area contributed by atoms with Crippen LogP contribution < -0.4 is 10.1 Å². The van der Waals surface area contributed by atoms with Crippen LogP contribution in [0.5, 0.6) is 5.75 Å². The summed E-state index contributed by atoms with van der Waals surface area (Å²) in [4.78, 5) is 12.3. The third-order valence-corrected chi connectivity index (χ3v) is 5.57. The first-order valence-electron chi connectivity index (χ1n) is 7.45. The van der Waals surface area contributed by atoms with Gasteiger partial charge in [-0.25, -0.2) is 12.7 Å². The lowest BCUT2D eigenvalue weighted by Gasteiger charge is -2.09. The molecule has 2 aromatic carbocycles. The predicted molar refractivity (Wildman–Crippen MR) is 91.7 cm³/mol. The maximum absolute atomic E-state index is 12.6. The number of likely N-dealkylation sites (N-methyl/N-ethyl adjacent to an activating group) is 1.